The predicted molar refractivity (Wildman–Crippen MR) is 101 cm³/mol. The van der Waals surface area contributed by atoms with Gasteiger partial charge in [0.05, 0.1) is 18.1 Å². The molecule has 0 unspecified atom stereocenters. The Hall–Kier alpha value is -2.13. The molecule has 2 aromatic rings. The van der Waals surface area contributed by atoms with Gasteiger partial charge in [0.2, 0.25) is 11.5 Å². The van der Waals surface area contributed by atoms with Crippen molar-refractivity contribution in [3.8, 4) is 0 Å². The predicted octanol–water partition coefficient (Wildman–Crippen LogP) is 4.21. The van der Waals surface area contributed by atoms with Crippen LogP contribution in [0.4, 0.5) is 10.5 Å². The molecule has 8 nitrogen and oxygen atoms in total. The van der Waals surface area contributed by atoms with Crippen LogP contribution < -0.4 is 4.90 Å². The molecule has 146 valence electrons. The van der Waals surface area contributed by atoms with E-state index in [0.29, 0.717) is 29.3 Å². The van der Waals surface area contributed by atoms with E-state index in [1.165, 1.54) is 11.1 Å². The van der Waals surface area contributed by atoms with E-state index < -0.39 is 12.1 Å². The number of rotatable bonds is 5. The topological polar surface area (TPSA) is 102 Å². The van der Waals surface area contributed by atoms with Crippen molar-refractivity contribution in [2.45, 2.75) is 45.3 Å². The Morgan fingerprint density at radius 2 is 2.22 bits per heavy atom. The molecule has 9 heteroatoms. The second kappa shape index (κ2) is 8.26. The molecule has 2 atom stereocenters. The lowest BCUT2D eigenvalue weighted by Crippen LogP contribution is -2.46. The van der Waals surface area contributed by atoms with E-state index >= 15 is 0 Å². The number of hydrogen-bond acceptors (Lipinski definition) is 6. The molecular weight excluding hydrogens is 420 g/mol. The summed E-state index contributed by atoms with van der Waals surface area (Å²) in [5.74, 6) is -1.60. The maximum Gasteiger partial charge on any atom is 0.414 e. The largest absolute Gasteiger partial charge is 0.475 e. The van der Waals surface area contributed by atoms with Crippen LogP contribution in [-0.4, -0.2) is 47.5 Å². The van der Waals surface area contributed by atoms with Gasteiger partial charge in [-0.05, 0) is 48.2 Å². The van der Waals surface area contributed by atoms with E-state index in [1.807, 2.05) is 6.92 Å². The number of carboxylic acid groups (broad SMARTS) is 1. The molecule has 0 saturated carbocycles. The Bertz CT molecular complexity index is 852. The van der Waals surface area contributed by atoms with E-state index in [2.05, 4.69) is 20.9 Å². The number of carboxylic acids is 1. The standard InChI is InChI=1S/C18H21BrN2O6/c1-3-12-8-11(5-6-26-12)21(18(24)25-4-2)14-13-7-10(19)9-20-16(13)27-15(14)17(22)23/h7,9,11-12H,3-6,8H2,1-2H3,(H,22,23)/t11-,12-/m0/s1. The zero-order valence-electron chi connectivity index (χ0n) is 15.1. The number of carbonyl (C=O) groups excluding carboxylic acids is 1. The second-order valence-electron chi connectivity index (χ2n) is 6.24. The van der Waals surface area contributed by atoms with Crippen LogP contribution in [0.5, 0.6) is 0 Å². The van der Waals surface area contributed by atoms with E-state index in [9.17, 15) is 14.7 Å². The zero-order valence-corrected chi connectivity index (χ0v) is 16.7. The third kappa shape index (κ3) is 3.93. The van der Waals surface area contributed by atoms with Gasteiger partial charge in [0.25, 0.3) is 0 Å². The molecule has 1 fully saturated rings. The molecule has 3 rings (SSSR count). The molecule has 2 aromatic heterocycles. The molecule has 1 N–H and O–H groups in total. The lowest BCUT2D eigenvalue weighted by atomic mass is 9.99. The molecule has 1 aliphatic heterocycles. The number of anilines is 1. The molecule has 0 aliphatic carbocycles. The van der Waals surface area contributed by atoms with Gasteiger partial charge < -0.3 is 19.0 Å². The van der Waals surface area contributed by atoms with Crippen molar-refractivity contribution in [1.29, 1.82) is 0 Å². The summed E-state index contributed by atoms with van der Waals surface area (Å²) in [6.45, 7) is 4.38. The van der Waals surface area contributed by atoms with Gasteiger partial charge in [0.1, 0.15) is 5.69 Å². The van der Waals surface area contributed by atoms with E-state index in [1.54, 1.807) is 13.0 Å². The number of aromatic carboxylic acids is 1. The van der Waals surface area contributed by atoms with Crippen molar-refractivity contribution in [3.63, 3.8) is 0 Å². The van der Waals surface area contributed by atoms with Crippen LogP contribution in [0.2, 0.25) is 0 Å². The Kier molecular flexibility index (Phi) is 6.01. The van der Waals surface area contributed by atoms with Crippen LogP contribution in [-0.2, 0) is 9.47 Å². The summed E-state index contributed by atoms with van der Waals surface area (Å²) in [7, 11) is 0. The van der Waals surface area contributed by atoms with Crippen LogP contribution in [0, 0.1) is 0 Å². The minimum Gasteiger partial charge on any atom is -0.475 e. The third-order valence-corrected chi connectivity index (χ3v) is 4.98. The number of ether oxygens (including phenoxy) is 2. The van der Waals surface area contributed by atoms with Crippen molar-refractivity contribution >= 4 is 44.8 Å². The highest BCUT2D eigenvalue weighted by Gasteiger charge is 2.37. The van der Waals surface area contributed by atoms with Gasteiger partial charge in [-0.3, -0.25) is 4.90 Å². The molecule has 1 aliphatic rings. The first-order valence-corrected chi connectivity index (χ1v) is 9.64. The van der Waals surface area contributed by atoms with Crippen molar-refractivity contribution in [2.24, 2.45) is 0 Å². The lowest BCUT2D eigenvalue weighted by molar-refractivity contribution is 0.00467. The summed E-state index contributed by atoms with van der Waals surface area (Å²) in [5.41, 5.74) is 0.325. The minimum atomic E-state index is -1.27. The summed E-state index contributed by atoms with van der Waals surface area (Å²) >= 11 is 3.34. The molecule has 0 aromatic carbocycles. The molecule has 0 radical (unpaired) electrons. The third-order valence-electron chi connectivity index (χ3n) is 4.55. The summed E-state index contributed by atoms with van der Waals surface area (Å²) < 4.78 is 17.1. The molecule has 1 amide bonds. The summed E-state index contributed by atoms with van der Waals surface area (Å²) in [5, 5.41) is 10.1. The molecule has 0 bridgehead atoms. The number of nitrogens with zero attached hydrogens (tertiary/aromatic N) is 2. The number of amides is 1. The van der Waals surface area contributed by atoms with Gasteiger partial charge >= 0.3 is 12.1 Å². The van der Waals surface area contributed by atoms with Crippen LogP contribution in [0.25, 0.3) is 11.1 Å². The monoisotopic (exact) mass is 440 g/mol. The minimum absolute atomic E-state index is 0.00280. The Labute approximate surface area is 164 Å². The van der Waals surface area contributed by atoms with E-state index in [-0.39, 0.29) is 35.9 Å². The highest BCUT2D eigenvalue weighted by Crippen LogP contribution is 2.38. The highest BCUT2D eigenvalue weighted by molar-refractivity contribution is 9.10. The van der Waals surface area contributed by atoms with Gasteiger partial charge in [0, 0.05) is 23.3 Å². The van der Waals surface area contributed by atoms with Crippen molar-refractivity contribution in [2.75, 3.05) is 18.1 Å². The normalized spacial score (nSPS) is 19.8. The fourth-order valence-electron chi connectivity index (χ4n) is 3.32. The zero-order chi connectivity index (χ0) is 19.6. The number of pyridine rings is 1. The number of aromatic nitrogens is 1. The van der Waals surface area contributed by atoms with Gasteiger partial charge in [-0.15, -0.1) is 0 Å². The van der Waals surface area contributed by atoms with Crippen LogP contribution >= 0.6 is 15.9 Å². The number of hydrogen-bond donors (Lipinski definition) is 1. The van der Waals surface area contributed by atoms with E-state index in [0.717, 1.165) is 6.42 Å². The number of fused-ring (bicyclic) bond motifs is 1. The highest BCUT2D eigenvalue weighted by atomic mass is 79.9. The fraction of sp³-hybridized carbons (Fsp3) is 0.500. The Morgan fingerprint density at radius 1 is 1.44 bits per heavy atom. The fourth-order valence-corrected chi connectivity index (χ4v) is 3.66. The number of halogens is 1. The second-order valence-corrected chi connectivity index (χ2v) is 7.16. The maximum atomic E-state index is 12.8. The average Bonchev–Trinajstić information content (AvgIpc) is 3.01. The number of furan rings is 1. The smallest absolute Gasteiger partial charge is 0.414 e. The first-order chi connectivity index (χ1) is 13.0. The molecular formula is C18H21BrN2O6. The van der Waals surface area contributed by atoms with Gasteiger partial charge in [0.15, 0.2) is 0 Å². The summed E-state index contributed by atoms with van der Waals surface area (Å²) in [6.07, 6.45) is 2.86. The van der Waals surface area contributed by atoms with E-state index in [4.69, 9.17) is 13.9 Å². The molecule has 27 heavy (non-hydrogen) atoms. The first kappa shape index (κ1) is 19.6. The lowest BCUT2D eigenvalue weighted by Gasteiger charge is -2.36. The summed E-state index contributed by atoms with van der Waals surface area (Å²) in [6, 6.07) is 1.43. The Morgan fingerprint density at radius 3 is 2.89 bits per heavy atom. The van der Waals surface area contributed by atoms with Crippen LogP contribution in [0.15, 0.2) is 21.2 Å². The van der Waals surface area contributed by atoms with Gasteiger partial charge in [-0.2, -0.15) is 0 Å². The SMILES string of the molecule is CCOC(=O)N(c1c(C(=O)O)oc2ncc(Br)cc12)[C@H]1CCO[C@@H](CC)C1. The van der Waals surface area contributed by atoms with Crippen LogP contribution in [0.1, 0.15) is 43.7 Å². The molecule has 0 spiro atoms. The molecule has 3 heterocycles. The average molecular weight is 441 g/mol. The van der Waals surface area contributed by atoms with Gasteiger partial charge in [-0.1, -0.05) is 6.92 Å². The van der Waals surface area contributed by atoms with Crippen LogP contribution in [0.3, 0.4) is 0 Å². The van der Waals surface area contributed by atoms with Crippen molar-refractivity contribution in [1.82, 2.24) is 4.98 Å². The van der Waals surface area contributed by atoms with Gasteiger partial charge in [-0.25, -0.2) is 14.6 Å². The summed E-state index contributed by atoms with van der Waals surface area (Å²) in [4.78, 5) is 30.2. The number of carbonyl (C=O) groups is 2. The van der Waals surface area contributed by atoms with Crippen molar-refractivity contribution < 1.29 is 28.6 Å². The van der Waals surface area contributed by atoms with Crippen molar-refractivity contribution in [3.05, 3.63) is 22.5 Å². The quantitative estimate of drug-likeness (QED) is 0.742. The first-order valence-electron chi connectivity index (χ1n) is 8.85. The molecule has 1 saturated heterocycles. The Balaban J connectivity index is 2.16. The maximum absolute atomic E-state index is 12.8.